The van der Waals surface area contributed by atoms with Gasteiger partial charge in [-0.2, -0.15) is 0 Å². The van der Waals surface area contributed by atoms with E-state index in [1.54, 1.807) is 40.4 Å². The van der Waals surface area contributed by atoms with Crippen LogP contribution in [0.4, 0.5) is 0 Å². The first-order chi connectivity index (χ1) is 11.2. The summed E-state index contributed by atoms with van der Waals surface area (Å²) in [6, 6.07) is 3.04. The van der Waals surface area contributed by atoms with Crippen molar-refractivity contribution in [2.75, 3.05) is 20.3 Å². The fraction of sp³-hybridized carbons (Fsp3) is 0.400. The molecule has 0 fully saturated rings. The zero-order valence-electron chi connectivity index (χ0n) is 12.8. The number of ether oxygens (including phenoxy) is 1. The third-order valence-corrected chi connectivity index (χ3v) is 3.77. The Morgan fingerprint density at radius 2 is 2.39 bits per heavy atom. The van der Waals surface area contributed by atoms with Crippen LogP contribution in [0.3, 0.4) is 0 Å². The van der Waals surface area contributed by atoms with E-state index < -0.39 is 6.04 Å². The molecule has 3 rings (SSSR count). The van der Waals surface area contributed by atoms with Gasteiger partial charge in [-0.15, -0.1) is 0 Å². The summed E-state index contributed by atoms with van der Waals surface area (Å²) in [7, 11) is 1.47. The minimum Gasteiger partial charge on any atom is -0.467 e. The number of aromatic nitrogens is 2. The standard InChI is InChI=1S/C15H18N4O4/c1-22-9-14(20)18-7-11-5-16-10-19(11)13(8-18)15(21)17-6-12-3-2-4-23-12/h2-5,10,13H,6-9H2,1H3,(H,17,21). The lowest BCUT2D eigenvalue weighted by molar-refractivity contribution is -0.138. The molecule has 3 heterocycles. The van der Waals surface area contributed by atoms with E-state index in [9.17, 15) is 9.59 Å². The summed E-state index contributed by atoms with van der Waals surface area (Å²) in [5.74, 6) is 0.340. The fourth-order valence-corrected chi connectivity index (χ4v) is 2.61. The number of hydrogen-bond donors (Lipinski definition) is 1. The van der Waals surface area contributed by atoms with E-state index in [4.69, 9.17) is 9.15 Å². The van der Waals surface area contributed by atoms with E-state index in [2.05, 4.69) is 10.3 Å². The van der Waals surface area contributed by atoms with E-state index in [1.165, 1.54) is 7.11 Å². The van der Waals surface area contributed by atoms with Crippen LogP contribution in [0.5, 0.6) is 0 Å². The molecule has 23 heavy (non-hydrogen) atoms. The van der Waals surface area contributed by atoms with Gasteiger partial charge in [-0.25, -0.2) is 4.98 Å². The van der Waals surface area contributed by atoms with Crippen molar-refractivity contribution >= 4 is 11.8 Å². The molecule has 0 saturated heterocycles. The number of imidazole rings is 1. The molecule has 0 aliphatic carbocycles. The smallest absolute Gasteiger partial charge is 0.248 e. The molecule has 0 aromatic carbocycles. The molecule has 122 valence electrons. The van der Waals surface area contributed by atoms with Crippen molar-refractivity contribution in [2.45, 2.75) is 19.1 Å². The van der Waals surface area contributed by atoms with Crippen molar-refractivity contribution in [1.82, 2.24) is 19.8 Å². The van der Waals surface area contributed by atoms with Crippen molar-refractivity contribution < 1.29 is 18.7 Å². The molecule has 0 saturated carbocycles. The van der Waals surface area contributed by atoms with Crippen molar-refractivity contribution in [3.05, 3.63) is 42.4 Å². The van der Waals surface area contributed by atoms with E-state index in [0.29, 0.717) is 18.8 Å². The molecule has 1 aliphatic rings. The molecule has 1 aliphatic heterocycles. The first kappa shape index (κ1) is 15.3. The molecule has 8 nitrogen and oxygen atoms in total. The van der Waals surface area contributed by atoms with Crippen molar-refractivity contribution in [3.63, 3.8) is 0 Å². The first-order valence-corrected chi connectivity index (χ1v) is 7.26. The Morgan fingerprint density at radius 1 is 1.52 bits per heavy atom. The van der Waals surface area contributed by atoms with Gasteiger partial charge in [-0.3, -0.25) is 9.59 Å². The number of hydrogen-bond acceptors (Lipinski definition) is 5. The van der Waals surface area contributed by atoms with Gasteiger partial charge in [0, 0.05) is 13.3 Å². The molecule has 1 atom stereocenters. The van der Waals surface area contributed by atoms with Crippen molar-refractivity contribution in [2.24, 2.45) is 0 Å². The van der Waals surface area contributed by atoms with E-state index in [0.717, 1.165) is 5.69 Å². The van der Waals surface area contributed by atoms with Gasteiger partial charge in [0.2, 0.25) is 11.8 Å². The maximum atomic E-state index is 12.5. The molecule has 2 aromatic heterocycles. The third-order valence-electron chi connectivity index (χ3n) is 3.77. The number of fused-ring (bicyclic) bond motifs is 1. The Kier molecular flexibility index (Phi) is 4.42. The van der Waals surface area contributed by atoms with Crippen LogP contribution in [0.25, 0.3) is 0 Å². The van der Waals surface area contributed by atoms with Gasteiger partial charge in [0.15, 0.2) is 0 Å². The fourth-order valence-electron chi connectivity index (χ4n) is 2.61. The molecule has 2 amide bonds. The van der Waals surface area contributed by atoms with E-state index >= 15 is 0 Å². The molecular formula is C15H18N4O4. The highest BCUT2D eigenvalue weighted by atomic mass is 16.5. The second kappa shape index (κ2) is 6.66. The average molecular weight is 318 g/mol. The summed E-state index contributed by atoms with van der Waals surface area (Å²) in [5, 5.41) is 2.83. The quantitative estimate of drug-likeness (QED) is 0.857. The molecule has 0 radical (unpaired) electrons. The normalized spacial score (nSPS) is 16.9. The van der Waals surface area contributed by atoms with E-state index in [-0.39, 0.29) is 25.0 Å². The molecule has 0 spiro atoms. The first-order valence-electron chi connectivity index (χ1n) is 7.26. The Hall–Kier alpha value is -2.61. The number of carbonyl (C=O) groups excluding carboxylic acids is 2. The number of rotatable bonds is 5. The average Bonchev–Trinajstić information content (AvgIpc) is 3.22. The van der Waals surface area contributed by atoms with Gasteiger partial charge < -0.3 is 23.9 Å². The highest BCUT2D eigenvalue weighted by Crippen LogP contribution is 2.21. The maximum absolute atomic E-state index is 12.5. The van der Waals surface area contributed by atoms with Gasteiger partial charge in [0.1, 0.15) is 18.4 Å². The molecule has 1 N–H and O–H groups in total. The lowest BCUT2D eigenvalue weighted by atomic mass is 10.1. The Balaban J connectivity index is 1.72. The van der Waals surface area contributed by atoms with Crippen LogP contribution in [-0.2, 0) is 27.4 Å². The summed E-state index contributed by atoms with van der Waals surface area (Å²) in [6.07, 6.45) is 4.84. The summed E-state index contributed by atoms with van der Waals surface area (Å²) in [4.78, 5) is 30.3. The molecule has 0 bridgehead atoms. The van der Waals surface area contributed by atoms with Gasteiger partial charge in [0.25, 0.3) is 0 Å². The summed E-state index contributed by atoms with van der Waals surface area (Å²) >= 11 is 0. The second-order valence-corrected chi connectivity index (χ2v) is 5.31. The largest absolute Gasteiger partial charge is 0.467 e. The van der Waals surface area contributed by atoms with Gasteiger partial charge >= 0.3 is 0 Å². The number of amides is 2. The molecule has 8 heteroatoms. The van der Waals surface area contributed by atoms with Crippen LogP contribution in [0.2, 0.25) is 0 Å². The summed E-state index contributed by atoms with van der Waals surface area (Å²) in [6.45, 7) is 1.01. The predicted octanol–water partition coefficient (Wildman–Crippen LogP) is 0.322. The Labute approximate surface area is 133 Å². The summed E-state index contributed by atoms with van der Waals surface area (Å²) < 4.78 is 11.9. The monoisotopic (exact) mass is 318 g/mol. The van der Waals surface area contributed by atoms with Crippen molar-refractivity contribution in [1.29, 1.82) is 0 Å². The molecular weight excluding hydrogens is 300 g/mol. The van der Waals surface area contributed by atoms with Crippen LogP contribution in [0, 0.1) is 0 Å². The minimum atomic E-state index is -0.517. The Bertz CT molecular complexity index is 679. The van der Waals surface area contributed by atoms with Gasteiger partial charge in [-0.05, 0) is 12.1 Å². The lowest BCUT2D eigenvalue weighted by Gasteiger charge is -2.33. The van der Waals surface area contributed by atoms with Gasteiger partial charge in [-0.1, -0.05) is 0 Å². The number of methoxy groups -OCH3 is 1. The molecule has 2 aromatic rings. The number of furan rings is 1. The van der Waals surface area contributed by atoms with Crippen molar-refractivity contribution in [3.8, 4) is 0 Å². The van der Waals surface area contributed by atoms with E-state index in [1.807, 2.05) is 0 Å². The second-order valence-electron chi connectivity index (χ2n) is 5.31. The SMILES string of the molecule is COCC(=O)N1Cc2cncn2C(C(=O)NCc2ccco2)C1. The highest BCUT2D eigenvalue weighted by molar-refractivity contribution is 5.83. The minimum absolute atomic E-state index is 0.00509. The number of nitrogens with one attached hydrogen (secondary N) is 1. The zero-order chi connectivity index (χ0) is 16.2. The lowest BCUT2D eigenvalue weighted by Crippen LogP contribution is -2.47. The highest BCUT2D eigenvalue weighted by Gasteiger charge is 2.32. The molecule has 1 unspecified atom stereocenters. The van der Waals surface area contributed by atoms with Crippen LogP contribution in [0.15, 0.2) is 35.3 Å². The van der Waals surface area contributed by atoms with Crippen LogP contribution in [-0.4, -0.2) is 46.5 Å². The van der Waals surface area contributed by atoms with Crippen LogP contribution >= 0.6 is 0 Å². The topological polar surface area (TPSA) is 89.6 Å². The van der Waals surface area contributed by atoms with Crippen LogP contribution < -0.4 is 5.32 Å². The summed E-state index contributed by atoms with van der Waals surface area (Å²) in [5.41, 5.74) is 0.818. The van der Waals surface area contributed by atoms with Gasteiger partial charge in [0.05, 0.1) is 37.9 Å². The number of nitrogens with zero attached hydrogens (tertiary/aromatic N) is 3. The zero-order valence-corrected chi connectivity index (χ0v) is 12.8. The third kappa shape index (κ3) is 3.26. The van der Waals surface area contributed by atoms with Crippen LogP contribution in [0.1, 0.15) is 17.5 Å². The maximum Gasteiger partial charge on any atom is 0.248 e. The number of carbonyl (C=O) groups is 2. The predicted molar refractivity (Wildman–Crippen MR) is 79.1 cm³/mol. The Morgan fingerprint density at radius 3 is 3.13 bits per heavy atom.